The van der Waals surface area contributed by atoms with Crippen LogP contribution >= 0.6 is 0 Å². The van der Waals surface area contributed by atoms with E-state index in [9.17, 15) is 4.79 Å². The molecule has 0 aliphatic heterocycles. The minimum atomic E-state index is -0.754. The van der Waals surface area contributed by atoms with Gasteiger partial charge in [-0.2, -0.15) is 5.26 Å². The molecule has 2 atom stereocenters. The second-order valence-corrected chi connectivity index (χ2v) is 2.30. The molecule has 3 nitrogen and oxygen atoms in total. The molecule has 1 aliphatic carbocycles. The Labute approximate surface area is 52.9 Å². The topological polar surface area (TPSA) is 61.1 Å². The maximum atomic E-state index is 10.1. The Balaban J connectivity index is 2.27. The van der Waals surface area contributed by atoms with Gasteiger partial charge in [0, 0.05) is 6.42 Å². The normalized spacial score (nSPS) is 31.0. The number of nitrogens with zero attached hydrogens (tertiary/aromatic N) is 1. The number of nitriles is 1. The van der Waals surface area contributed by atoms with Crippen LogP contribution in [0, 0.1) is 23.2 Å². The molecule has 0 saturated heterocycles. The van der Waals surface area contributed by atoms with Crippen molar-refractivity contribution in [1.29, 1.82) is 5.26 Å². The van der Waals surface area contributed by atoms with E-state index in [4.69, 9.17) is 10.4 Å². The van der Waals surface area contributed by atoms with E-state index in [0.29, 0.717) is 12.8 Å². The molecule has 0 spiro atoms. The first kappa shape index (κ1) is 6.09. The molecule has 0 aromatic rings. The SMILES string of the molecule is N#CCC1CC1C(=O)O. The Morgan fingerprint density at radius 3 is 2.89 bits per heavy atom. The van der Waals surface area contributed by atoms with E-state index in [1.807, 2.05) is 6.07 Å². The molecule has 1 rings (SSSR count). The van der Waals surface area contributed by atoms with Crippen molar-refractivity contribution in [2.24, 2.45) is 11.8 Å². The summed E-state index contributed by atoms with van der Waals surface area (Å²) < 4.78 is 0. The molecule has 1 fully saturated rings. The van der Waals surface area contributed by atoms with Gasteiger partial charge in [-0.3, -0.25) is 4.79 Å². The summed E-state index contributed by atoms with van der Waals surface area (Å²) in [4.78, 5) is 10.1. The molecule has 3 heteroatoms. The van der Waals surface area contributed by atoms with Gasteiger partial charge in [0.1, 0.15) is 0 Å². The molecular weight excluding hydrogens is 118 g/mol. The van der Waals surface area contributed by atoms with E-state index in [0.717, 1.165) is 0 Å². The van der Waals surface area contributed by atoms with Gasteiger partial charge in [-0.1, -0.05) is 0 Å². The third-order valence-electron chi connectivity index (χ3n) is 1.59. The quantitative estimate of drug-likeness (QED) is 0.588. The van der Waals surface area contributed by atoms with Crippen molar-refractivity contribution < 1.29 is 9.90 Å². The number of carboxylic acid groups (broad SMARTS) is 1. The van der Waals surface area contributed by atoms with Crippen molar-refractivity contribution in [2.75, 3.05) is 0 Å². The highest BCUT2D eigenvalue weighted by Crippen LogP contribution is 2.40. The van der Waals surface area contributed by atoms with Gasteiger partial charge in [0.15, 0.2) is 0 Å². The van der Waals surface area contributed by atoms with Gasteiger partial charge >= 0.3 is 5.97 Å². The van der Waals surface area contributed by atoms with Gasteiger partial charge in [-0.25, -0.2) is 0 Å². The molecule has 9 heavy (non-hydrogen) atoms. The van der Waals surface area contributed by atoms with E-state index in [1.54, 1.807) is 0 Å². The van der Waals surface area contributed by atoms with Crippen LogP contribution < -0.4 is 0 Å². The van der Waals surface area contributed by atoms with Crippen LogP contribution in [0.4, 0.5) is 0 Å². The Hall–Kier alpha value is -1.04. The number of carboxylic acids is 1. The number of carbonyl (C=O) groups is 1. The highest BCUT2D eigenvalue weighted by Gasteiger charge is 2.42. The fraction of sp³-hybridized carbons (Fsp3) is 0.667. The fourth-order valence-corrected chi connectivity index (χ4v) is 0.893. The molecule has 1 aliphatic rings. The van der Waals surface area contributed by atoms with Gasteiger partial charge in [-0.05, 0) is 12.3 Å². The average Bonchev–Trinajstić information content (AvgIpc) is 2.47. The van der Waals surface area contributed by atoms with Crippen molar-refractivity contribution in [3.63, 3.8) is 0 Å². The molecule has 0 radical (unpaired) electrons. The summed E-state index contributed by atoms with van der Waals surface area (Å²) in [6.45, 7) is 0. The summed E-state index contributed by atoms with van der Waals surface area (Å²) in [6, 6.07) is 1.95. The zero-order valence-electron chi connectivity index (χ0n) is 4.87. The maximum Gasteiger partial charge on any atom is 0.306 e. The predicted octanol–water partition coefficient (Wildman–Crippen LogP) is 0.621. The van der Waals surface area contributed by atoms with Crippen molar-refractivity contribution in [3.8, 4) is 6.07 Å². The number of hydrogen-bond acceptors (Lipinski definition) is 2. The van der Waals surface area contributed by atoms with Gasteiger partial charge < -0.3 is 5.11 Å². The van der Waals surface area contributed by atoms with Crippen molar-refractivity contribution in [1.82, 2.24) is 0 Å². The lowest BCUT2D eigenvalue weighted by molar-refractivity contribution is -0.138. The number of hydrogen-bond donors (Lipinski definition) is 1. The molecular formula is C6H7NO2. The highest BCUT2D eigenvalue weighted by molar-refractivity contribution is 5.73. The lowest BCUT2D eigenvalue weighted by atomic mass is 10.2. The summed E-state index contributed by atoms with van der Waals surface area (Å²) in [7, 11) is 0. The minimum absolute atomic E-state index is 0.146. The Bertz CT molecular complexity index is 170. The molecule has 0 amide bonds. The first-order valence-electron chi connectivity index (χ1n) is 2.85. The largest absolute Gasteiger partial charge is 0.481 e. The zero-order valence-corrected chi connectivity index (χ0v) is 4.87. The van der Waals surface area contributed by atoms with Crippen LogP contribution in [-0.4, -0.2) is 11.1 Å². The van der Waals surface area contributed by atoms with Crippen LogP contribution in [0.15, 0.2) is 0 Å². The Morgan fingerprint density at radius 2 is 2.56 bits per heavy atom. The molecule has 2 unspecified atom stereocenters. The van der Waals surface area contributed by atoms with Crippen LogP contribution in [0.1, 0.15) is 12.8 Å². The number of rotatable bonds is 2. The monoisotopic (exact) mass is 125 g/mol. The summed E-state index contributed by atoms with van der Waals surface area (Å²) >= 11 is 0. The van der Waals surface area contributed by atoms with Gasteiger partial charge in [-0.15, -0.1) is 0 Å². The summed E-state index contributed by atoms with van der Waals surface area (Å²) in [5.74, 6) is -0.826. The average molecular weight is 125 g/mol. The van der Waals surface area contributed by atoms with Crippen LogP contribution in [0.25, 0.3) is 0 Å². The lowest BCUT2D eigenvalue weighted by Crippen LogP contribution is -1.98. The van der Waals surface area contributed by atoms with Gasteiger partial charge in [0.05, 0.1) is 12.0 Å². The predicted molar refractivity (Wildman–Crippen MR) is 29.5 cm³/mol. The summed E-state index contributed by atoms with van der Waals surface area (Å²) in [6.07, 6.45) is 1.10. The standard InChI is InChI=1S/C6H7NO2/c7-2-1-4-3-5(4)6(8)9/h4-5H,1,3H2,(H,8,9). The molecule has 0 bridgehead atoms. The third kappa shape index (κ3) is 1.20. The minimum Gasteiger partial charge on any atom is -0.481 e. The van der Waals surface area contributed by atoms with Gasteiger partial charge in [0.25, 0.3) is 0 Å². The molecule has 48 valence electrons. The highest BCUT2D eigenvalue weighted by atomic mass is 16.4. The van der Waals surface area contributed by atoms with Crippen LogP contribution in [-0.2, 0) is 4.79 Å². The summed E-state index contributed by atoms with van der Waals surface area (Å²) in [5.41, 5.74) is 0. The molecule has 0 aromatic carbocycles. The van der Waals surface area contributed by atoms with E-state index >= 15 is 0 Å². The smallest absolute Gasteiger partial charge is 0.306 e. The van der Waals surface area contributed by atoms with Crippen LogP contribution in [0.5, 0.6) is 0 Å². The second-order valence-electron chi connectivity index (χ2n) is 2.30. The van der Waals surface area contributed by atoms with Crippen molar-refractivity contribution in [3.05, 3.63) is 0 Å². The first-order valence-corrected chi connectivity index (χ1v) is 2.85. The number of aliphatic carboxylic acids is 1. The van der Waals surface area contributed by atoms with E-state index in [1.165, 1.54) is 0 Å². The first-order chi connectivity index (χ1) is 4.25. The molecule has 1 saturated carbocycles. The Morgan fingerprint density at radius 1 is 1.89 bits per heavy atom. The maximum absolute atomic E-state index is 10.1. The second kappa shape index (κ2) is 2.06. The Kier molecular flexibility index (Phi) is 1.39. The lowest BCUT2D eigenvalue weighted by Gasteiger charge is -1.83. The molecule has 0 aromatic heterocycles. The van der Waals surface area contributed by atoms with Crippen molar-refractivity contribution in [2.45, 2.75) is 12.8 Å². The molecule has 1 N–H and O–H groups in total. The zero-order chi connectivity index (χ0) is 6.85. The fourth-order valence-electron chi connectivity index (χ4n) is 0.893. The third-order valence-corrected chi connectivity index (χ3v) is 1.59. The summed E-state index contributed by atoms with van der Waals surface area (Å²) in [5, 5.41) is 16.5. The van der Waals surface area contributed by atoms with E-state index in [-0.39, 0.29) is 11.8 Å². The van der Waals surface area contributed by atoms with Crippen LogP contribution in [0.3, 0.4) is 0 Å². The van der Waals surface area contributed by atoms with E-state index in [2.05, 4.69) is 0 Å². The van der Waals surface area contributed by atoms with Crippen LogP contribution in [0.2, 0.25) is 0 Å². The van der Waals surface area contributed by atoms with Crippen molar-refractivity contribution >= 4 is 5.97 Å². The molecule has 0 heterocycles. The van der Waals surface area contributed by atoms with E-state index < -0.39 is 5.97 Å². The van der Waals surface area contributed by atoms with Gasteiger partial charge in [0.2, 0.25) is 0 Å².